The van der Waals surface area contributed by atoms with Crippen molar-refractivity contribution in [3.63, 3.8) is 0 Å². The summed E-state index contributed by atoms with van der Waals surface area (Å²) in [4.78, 5) is 22.2. The molecule has 0 aliphatic heterocycles. The van der Waals surface area contributed by atoms with Gasteiger partial charge in [0.05, 0.1) is 0 Å². The predicted octanol–water partition coefficient (Wildman–Crippen LogP) is 4.04. The molecule has 1 N–H and O–H groups in total. The van der Waals surface area contributed by atoms with Gasteiger partial charge in [-0.1, -0.05) is 48.7 Å². The lowest BCUT2D eigenvalue weighted by atomic mass is 10.1. The van der Waals surface area contributed by atoms with Crippen molar-refractivity contribution in [3.05, 3.63) is 35.4 Å². The summed E-state index contributed by atoms with van der Waals surface area (Å²) in [6, 6.07) is 7.95. The first kappa shape index (κ1) is 17.9. The van der Waals surface area contributed by atoms with E-state index in [0.717, 1.165) is 17.5 Å². The van der Waals surface area contributed by atoms with Gasteiger partial charge in [0.2, 0.25) is 4.45 Å². The van der Waals surface area contributed by atoms with E-state index in [4.69, 9.17) is 4.74 Å². The SMILES string of the molecule is CC(C)(C)OC(=O)NCCc1ccc(CSC(=O)S)cc1. The average molecular weight is 327 g/mol. The Bertz CT molecular complexity index is 481. The van der Waals surface area contributed by atoms with Crippen molar-refractivity contribution < 1.29 is 14.3 Å². The molecule has 0 spiro atoms. The van der Waals surface area contributed by atoms with Crippen molar-refractivity contribution in [2.45, 2.75) is 38.5 Å². The van der Waals surface area contributed by atoms with Gasteiger partial charge in [-0.3, -0.25) is 4.79 Å². The van der Waals surface area contributed by atoms with Crippen LogP contribution in [0.4, 0.5) is 9.59 Å². The number of amides is 1. The molecular formula is C15H21NO3S2. The minimum atomic E-state index is -0.478. The summed E-state index contributed by atoms with van der Waals surface area (Å²) in [6.07, 6.45) is 0.334. The summed E-state index contributed by atoms with van der Waals surface area (Å²) in [6.45, 7) is 6.02. The number of carbonyl (C=O) groups excluding carboxylic acids is 2. The van der Waals surface area contributed by atoms with Crippen molar-refractivity contribution in [2.75, 3.05) is 6.54 Å². The molecule has 0 aliphatic rings. The minimum Gasteiger partial charge on any atom is -0.444 e. The number of thioether (sulfide) groups is 1. The molecule has 6 heteroatoms. The molecule has 0 heterocycles. The summed E-state index contributed by atoms with van der Waals surface area (Å²) >= 11 is 4.88. The fourth-order valence-electron chi connectivity index (χ4n) is 1.57. The highest BCUT2D eigenvalue weighted by atomic mass is 32.2. The highest BCUT2D eigenvalue weighted by Gasteiger charge is 2.15. The van der Waals surface area contributed by atoms with Crippen LogP contribution in [0, 0.1) is 0 Å². The molecule has 0 fully saturated rings. The number of ether oxygens (including phenoxy) is 1. The first-order chi connectivity index (χ1) is 9.76. The van der Waals surface area contributed by atoms with E-state index < -0.39 is 11.7 Å². The van der Waals surface area contributed by atoms with Crippen LogP contribution < -0.4 is 5.32 Å². The third-order valence-electron chi connectivity index (χ3n) is 2.47. The summed E-state index contributed by atoms with van der Waals surface area (Å²) in [7, 11) is 0. The third-order valence-corrected chi connectivity index (χ3v) is 3.58. The maximum absolute atomic E-state index is 11.5. The third kappa shape index (κ3) is 8.67. The number of benzene rings is 1. The van der Waals surface area contributed by atoms with Gasteiger partial charge < -0.3 is 10.1 Å². The molecule has 0 saturated carbocycles. The second-order valence-electron chi connectivity index (χ2n) is 5.55. The molecule has 0 aromatic heterocycles. The van der Waals surface area contributed by atoms with Crippen LogP contribution in [-0.4, -0.2) is 22.7 Å². The van der Waals surface area contributed by atoms with Gasteiger partial charge >= 0.3 is 6.09 Å². The highest BCUT2D eigenvalue weighted by molar-refractivity contribution is 8.31. The Labute approximate surface area is 135 Å². The zero-order chi connectivity index (χ0) is 15.9. The zero-order valence-electron chi connectivity index (χ0n) is 12.5. The summed E-state index contributed by atoms with van der Waals surface area (Å²) in [5, 5.41) is 2.72. The van der Waals surface area contributed by atoms with Crippen LogP contribution >= 0.6 is 24.4 Å². The number of hydrogen-bond acceptors (Lipinski definition) is 4. The Morgan fingerprint density at radius 3 is 2.29 bits per heavy atom. The molecule has 0 unspecified atom stereocenters. The van der Waals surface area contributed by atoms with Crippen LogP contribution in [0.15, 0.2) is 24.3 Å². The van der Waals surface area contributed by atoms with Crippen molar-refractivity contribution in [2.24, 2.45) is 0 Å². The van der Waals surface area contributed by atoms with Crippen molar-refractivity contribution in [1.82, 2.24) is 5.32 Å². The van der Waals surface area contributed by atoms with Crippen LogP contribution in [0.2, 0.25) is 0 Å². The molecule has 1 rings (SSSR count). The van der Waals surface area contributed by atoms with Gasteiger partial charge in [0.1, 0.15) is 5.60 Å². The second-order valence-corrected chi connectivity index (χ2v) is 7.21. The molecule has 1 aromatic carbocycles. The summed E-state index contributed by atoms with van der Waals surface area (Å²) in [5.74, 6) is 0.624. The van der Waals surface area contributed by atoms with E-state index in [-0.39, 0.29) is 4.45 Å². The first-order valence-corrected chi connectivity index (χ1v) is 8.10. The van der Waals surface area contributed by atoms with Crippen LogP contribution in [0.1, 0.15) is 31.9 Å². The van der Waals surface area contributed by atoms with Gasteiger partial charge in [-0.25, -0.2) is 4.79 Å². The molecule has 1 aromatic rings. The summed E-state index contributed by atoms with van der Waals surface area (Å²) in [5.41, 5.74) is 1.72. The van der Waals surface area contributed by atoms with Gasteiger partial charge in [-0.15, -0.1) is 0 Å². The zero-order valence-corrected chi connectivity index (χ0v) is 14.2. The molecular weight excluding hydrogens is 306 g/mol. The molecule has 116 valence electrons. The van der Waals surface area contributed by atoms with Crippen LogP contribution in [0.5, 0.6) is 0 Å². The fourth-order valence-corrected chi connectivity index (χ4v) is 2.25. The number of carbonyl (C=O) groups is 2. The Morgan fingerprint density at radius 1 is 1.19 bits per heavy atom. The minimum absolute atomic E-state index is 0.180. The fraction of sp³-hybridized carbons (Fsp3) is 0.467. The number of alkyl carbamates (subject to hydrolysis) is 1. The van der Waals surface area contributed by atoms with Gasteiger partial charge in [0, 0.05) is 12.3 Å². The lowest BCUT2D eigenvalue weighted by molar-refractivity contribution is 0.0528. The highest BCUT2D eigenvalue weighted by Crippen LogP contribution is 2.16. The Balaban J connectivity index is 2.33. The van der Waals surface area contributed by atoms with Gasteiger partial charge in [-0.2, -0.15) is 0 Å². The Hall–Kier alpha value is -1.14. The van der Waals surface area contributed by atoms with E-state index in [9.17, 15) is 9.59 Å². The summed E-state index contributed by atoms with van der Waals surface area (Å²) < 4.78 is 4.98. The molecule has 4 nitrogen and oxygen atoms in total. The van der Waals surface area contributed by atoms with E-state index in [1.165, 1.54) is 11.8 Å². The molecule has 1 amide bonds. The maximum atomic E-state index is 11.5. The van der Waals surface area contributed by atoms with Gasteiger partial charge in [0.15, 0.2) is 0 Å². The number of thiol groups is 1. The molecule has 0 radical (unpaired) electrons. The van der Waals surface area contributed by atoms with Crippen LogP contribution in [-0.2, 0) is 16.9 Å². The first-order valence-electron chi connectivity index (χ1n) is 6.66. The Morgan fingerprint density at radius 2 is 1.76 bits per heavy atom. The average Bonchev–Trinajstić information content (AvgIpc) is 2.35. The number of rotatable bonds is 5. The van der Waals surface area contributed by atoms with E-state index in [2.05, 4.69) is 17.9 Å². The van der Waals surface area contributed by atoms with Gasteiger partial charge in [0.25, 0.3) is 0 Å². The quantitative estimate of drug-likeness (QED) is 0.802. The van der Waals surface area contributed by atoms with Crippen LogP contribution in [0.25, 0.3) is 0 Å². The predicted molar refractivity (Wildman–Crippen MR) is 90.1 cm³/mol. The largest absolute Gasteiger partial charge is 0.444 e. The normalized spacial score (nSPS) is 11.0. The molecule has 21 heavy (non-hydrogen) atoms. The lowest BCUT2D eigenvalue weighted by Gasteiger charge is -2.19. The standard InChI is InChI=1S/C15H21NO3S2/c1-15(2,3)19-13(17)16-9-8-11-4-6-12(7-5-11)10-21-14(18)20/h4-7H,8-10H2,1-3H3,(H,16,17)(H,18,20). The van der Waals surface area contributed by atoms with E-state index in [1.807, 2.05) is 45.0 Å². The van der Waals surface area contributed by atoms with E-state index in [0.29, 0.717) is 12.3 Å². The number of nitrogens with one attached hydrogen (secondary N) is 1. The van der Waals surface area contributed by atoms with Crippen LogP contribution in [0.3, 0.4) is 0 Å². The van der Waals surface area contributed by atoms with E-state index >= 15 is 0 Å². The lowest BCUT2D eigenvalue weighted by Crippen LogP contribution is -2.33. The van der Waals surface area contributed by atoms with Crippen molar-refractivity contribution >= 4 is 34.9 Å². The smallest absolute Gasteiger partial charge is 0.407 e. The molecule has 0 atom stereocenters. The maximum Gasteiger partial charge on any atom is 0.407 e. The van der Waals surface area contributed by atoms with Gasteiger partial charge in [-0.05, 0) is 38.3 Å². The van der Waals surface area contributed by atoms with Crippen molar-refractivity contribution in [3.8, 4) is 0 Å². The van der Waals surface area contributed by atoms with E-state index in [1.54, 1.807) is 0 Å². The topological polar surface area (TPSA) is 55.4 Å². The Kier molecular flexibility index (Phi) is 7.11. The number of hydrogen-bond donors (Lipinski definition) is 2. The molecule has 0 aliphatic carbocycles. The second kappa shape index (κ2) is 8.34. The monoisotopic (exact) mass is 327 g/mol. The molecule has 0 bridgehead atoms. The van der Waals surface area contributed by atoms with Crippen molar-refractivity contribution in [1.29, 1.82) is 0 Å². The molecule has 0 saturated heterocycles.